The van der Waals surface area contributed by atoms with E-state index >= 15 is 0 Å². The number of aliphatic carboxylic acids is 1. The van der Waals surface area contributed by atoms with Crippen LogP contribution in [0.25, 0.3) is 0 Å². The largest absolute Gasteiger partial charge is 0.550 e. The summed E-state index contributed by atoms with van der Waals surface area (Å²) >= 11 is 0. The van der Waals surface area contributed by atoms with Crippen LogP contribution in [0.3, 0.4) is 0 Å². The summed E-state index contributed by atoms with van der Waals surface area (Å²) in [5.41, 5.74) is 1.02. The molecular formula is C16H20NO3-. The quantitative estimate of drug-likeness (QED) is 0.902. The number of carboxylic acids is 1. The van der Waals surface area contributed by atoms with Gasteiger partial charge >= 0.3 is 0 Å². The number of carbonyl (C=O) groups is 2. The molecule has 0 radical (unpaired) electrons. The van der Waals surface area contributed by atoms with Crippen LogP contribution in [0.4, 0.5) is 0 Å². The molecule has 1 aromatic rings. The topological polar surface area (TPSA) is 69.2 Å². The van der Waals surface area contributed by atoms with Crippen molar-refractivity contribution in [1.82, 2.24) is 5.32 Å². The normalized spacial score (nSPS) is 23.9. The van der Waals surface area contributed by atoms with Crippen LogP contribution in [0.15, 0.2) is 30.3 Å². The van der Waals surface area contributed by atoms with Crippen molar-refractivity contribution in [3.63, 3.8) is 0 Å². The first-order chi connectivity index (χ1) is 9.59. The Morgan fingerprint density at radius 3 is 2.35 bits per heavy atom. The molecule has 1 aromatic carbocycles. The van der Waals surface area contributed by atoms with Gasteiger partial charge in [0.2, 0.25) is 5.91 Å². The van der Waals surface area contributed by atoms with E-state index in [1.165, 1.54) is 0 Å². The number of benzene rings is 1. The number of carbonyl (C=O) groups excluding carboxylic acids is 2. The van der Waals surface area contributed by atoms with Gasteiger partial charge in [0.1, 0.15) is 0 Å². The standard InChI is InChI=1S/C16H21NO3/c1-11(12-7-3-2-4-8-12)17-15(18)13-9-5-6-10-14(13)16(19)20/h2-4,7-8,11,13-14H,5-6,9-10H2,1H3,(H,17,18)(H,19,20)/p-1/t11-,13-,14-/m0/s1. The predicted octanol–water partition coefficient (Wildman–Crippen LogP) is 1.42. The fraction of sp³-hybridized carbons (Fsp3) is 0.500. The molecule has 20 heavy (non-hydrogen) atoms. The maximum absolute atomic E-state index is 12.3. The molecule has 3 atom stereocenters. The van der Waals surface area contributed by atoms with Crippen LogP contribution in [-0.4, -0.2) is 11.9 Å². The van der Waals surface area contributed by atoms with Gasteiger partial charge in [0.05, 0.1) is 6.04 Å². The molecule has 1 saturated carbocycles. The van der Waals surface area contributed by atoms with Crippen molar-refractivity contribution >= 4 is 11.9 Å². The van der Waals surface area contributed by atoms with Crippen molar-refractivity contribution in [1.29, 1.82) is 0 Å². The second-order valence-electron chi connectivity index (χ2n) is 5.46. The molecule has 0 saturated heterocycles. The van der Waals surface area contributed by atoms with E-state index in [1.54, 1.807) is 0 Å². The molecular weight excluding hydrogens is 254 g/mol. The van der Waals surface area contributed by atoms with Gasteiger partial charge in [0.15, 0.2) is 0 Å². The number of carboxylic acid groups (broad SMARTS) is 1. The number of hydrogen-bond donors (Lipinski definition) is 1. The SMILES string of the molecule is C[C@H](NC(=O)[C@H]1CCCC[C@@H]1C(=O)[O-])c1ccccc1. The first-order valence-electron chi connectivity index (χ1n) is 7.15. The lowest BCUT2D eigenvalue weighted by atomic mass is 9.78. The second-order valence-corrected chi connectivity index (χ2v) is 5.46. The molecule has 0 unspecified atom stereocenters. The van der Waals surface area contributed by atoms with Gasteiger partial charge in [-0.05, 0) is 25.3 Å². The Morgan fingerprint density at radius 1 is 1.15 bits per heavy atom. The Hall–Kier alpha value is -1.84. The van der Waals surface area contributed by atoms with Crippen LogP contribution < -0.4 is 10.4 Å². The van der Waals surface area contributed by atoms with Crippen molar-refractivity contribution in [3.8, 4) is 0 Å². The minimum atomic E-state index is -1.10. The zero-order valence-electron chi connectivity index (χ0n) is 11.7. The van der Waals surface area contributed by atoms with E-state index in [0.29, 0.717) is 12.8 Å². The van der Waals surface area contributed by atoms with Crippen LogP contribution in [0.1, 0.15) is 44.2 Å². The van der Waals surface area contributed by atoms with Crippen molar-refractivity contribution in [2.75, 3.05) is 0 Å². The zero-order valence-corrected chi connectivity index (χ0v) is 11.7. The van der Waals surface area contributed by atoms with E-state index in [9.17, 15) is 14.7 Å². The Labute approximate surface area is 119 Å². The lowest BCUT2D eigenvalue weighted by Gasteiger charge is -2.32. The molecule has 2 rings (SSSR count). The Morgan fingerprint density at radius 2 is 1.75 bits per heavy atom. The van der Waals surface area contributed by atoms with E-state index in [1.807, 2.05) is 37.3 Å². The highest BCUT2D eigenvalue weighted by atomic mass is 16.4. The first kappa shape index (κ1) is 14.6. The number of rotatable bonds is 4. The van der Waals surface area contributed by atoms with Gasteiger partial charge in [-0.1, -0.05) is 43.2 Å². The monoisotopic (exact) mass is 274 g/mol. The van der Waals surface area contributed by atoms with Crippen LogP contribution in [0.2, 0.25) is 0 Å². The Bertz CT molecular complexity index is 472. The highest BCUT2D eigenvalue weighted by Crippen LogP contribution is 2.30. The summed E-state index contributed by atoms with van der Waals surface area (Å²) < 4.78 is 0. The third kappa shape index (κ3) is 3.38. The lowest BCUT2D eigenvalue weighted by molar-refractivity contribution is -0.314. The Balaban J connectivity index is 2.01. The van der Waals surface area contributed by atoms with E-state index in [2.05, 4.69) is 5.32 Å². The molecule has 1 N–H and O–H groups in total. The summed E-state index contributed by atoms with van der Waals surface area (Å²) in [6.45, 7) is 1.91. The maximum atomic E-state index is 12.3. The molecule has 0 spiro atoms. The minimum Gasteiger partial charge on any atom is -0.550 e. The molecule has 0 aromatic heterocycles. The van der Waals surface area contributed by atoms with Gasteiger partial charge in [-0.3, -0.25) is 4.79 Å². The average molecular weight is 274 g/mol. The fourth-order valence-corrected chi connectivity index (χ4v) is 2.87. The third-order valence-electron chi connectivity index (χ3n) is 4.06. The summed E-state index contributed by atoms with van der Waals surface area (Å²) in [5.74, 6) is -2.38. The third-order valence-corrected chi connectivity index (χ3v) is 4.06. The smallest absolute Gasteiger partial charge is 0.224 e. The summed E-state index contributed by atoms with van der Waals surface area (Å²) in [6, 6.07) is 9.54. The average Bonchev–Trinajstić information content (AvgIpc) is 2.48. The molecule has 4 heteroatoms. The maximum Gasteiger partial charge on any atom is 0.224 e. The molecule has 108 valence electrons. The number of nitrogens with one attached hydrogen (secondary N) is 1. The van der Waals surface area contributed by atoms with Crippen molar-refractivity contribution in [2.45, 2.75) is 38.6 Å². The van der Waals surface area contributed by atoms with Gasteiger partial charge in [-0.25, -0.2) is 0 Å². The predicted molar refractivity (Wildman–Crippen MR) is 73.5 cm³/mol. The highest BCUT2D eigenvalue weighted by molar-refractivity contribution is 5.84. The minimum absolute atomic E-state index is 0.118. The van der Waals surface area contributed by atoms with Gasteiger partial charge in [-0.15, -0.1) is 0 Å². The van der Waals surface area contributed by atoms with Gasteiger partial charge in [-0.2, -0.15) is 0 Å². The Kier molecular flexibility index (Phi) is 4.77. The van der Waals surface area contributed by atoms with E-state index < -0.39 is 17.8 Å². The molecule has 1 aliphatic carbocycles. The molecule has 1 fully saturated rings. The van der Waals surface area contributed by atoms with Crippen LogP contribution >= 0.6 is 0 Å². The van der Waals surface area contributed by atoms with E-state index in [0.717, 1.165) is 18.4 Å². The van der Waals surface area contributed by atoms with Crippen LogP contribution in [-0.2, 0) is 9.59 Å². The van der Waals surface area contributed by atoms with E-state index in [4.69, 9.17) is 0 Å². The van der Waals surface area contributed by atoms with Crippen LogP contribution in [0, 0.1) is 11.8 Å². The molecule has 1 aliphatic rings. The molecule has 1 amide bonds. The lowest BCUT2D eigenvalue weighted by Crippen LogP contribution is -2.45. The number of hydrogen-bond acceptors (Lipinski definition) is 3. The van der Waals surface area contributed by atoms with Crippen molar-refractivity contribution in [2.24, 2.45) is 11.8 Å². The molecule has 4 nitrogen and oxygen atoms in total. The molecule has 0 heterocycles. The fourth-order valence-electron chi connectivity index (χ4n) is 2.87. The summed E-state index contributed by atoms with van der Waals surface area (Å²) in [6.07, 6.45) is 2.93. The van der Waals surface area contributed by atoms with Crippen molar-refractivity contribution in [3.05, 3.63) is 35.9 Å². The van der Waals surface area contributed by atoms with Crippen LogP contribution in [0.5, 0.6) is 0 Å². The first-order valence-corrected chi connectivity index (χ1v) is 7.15. The van der Waals surface area contributed by atoms with Gasteiger partial charge in [0, 0.05) is 17.8 Å². The van der Waals surface area contributed by atoms with Gasteiger partial charge < -0.3 is 15.2 Å². The summed E-state index contributed by atoms with van der Waals surface area (Å²) in [7, 11) is 0. The number of amides is 1. The zero-order chi connectivity index (χ0) is 14.5. The van der Waals surface area contributed by atoms with E-state index in [-0.39, 0.29) is 11.9 Å². The summed E-state index contributed by atoms with van der Waals surface area (Å²) in [4.78, 5) is 23.4. The molecule has 0 bridgehead atoms. The second kappa shape index (κ2) is 6.55. The van der Waals surface area contributed by atoms with Gasteiger partial charge in [0.25, 0.3) is 0 Å². The molecule has 0 aliphatic heterocycles. The summed E-state index contributed by atoms with van der Waals surface area (Å²) in [5, 5.41) is 14.1. The highest BCUT2D eigenvalue weighted by Gasteiger charge is 2.32. The van der Waals surface area contributed by atoms with Crippen molar-refractivity contribution < 1.29 is 14.7 Å².